The molecule has 0 aliphatic carbocycles. The first kappa shape index (κ1) is 18.3. The lowest BCUT2D eigenvalue weighted by atomic mass is 10.2. The third kappa shape index (κ3) is 4.96. The highest BCUT2D eigenvalue weighted by molar-refractivity contribution is 7.89. The number of carbonyl (C=O) groups excluding carboxylic acids is 2. The molecule has 1 aromatic heterocycles. The number of thiophene rings is 1. The van der Waals surface area contributed by atoms with Gasteiger partial charge in [0.1, 0.15) is 12.3 Å². The van der Waals surface area contributed by atoms with Gasteiger partial charge in [0.25, 0.3) is 5.91 Å². The van der Waals surface area contributed by atoms with Gasteiger partial charge < -0.3 is 15.6 Å². The summed E-state index contributed by atoms with van der Waals surface area (Å²) in [6.45, 7) is 0.719. The fourth-order valence-electron chi connectivity index (χ4n) is 2.38. The lowest BCUT2D eigenvalue weighted by Gasteiger charge is -2.22. The van der Waals surface area contributed by atoms with E-state index in [4.69, 9.17) is 5.41 Å². The first-order valence-electron chi connectivity index (χ1n) is 7.21. The van der Waals surface area contributed by atoms with Gasteiger partial charge in [-0.1, -0.05) is 0 Å². The molecule has 0 aromatic carbocycles. The van der Waals surface area contributed by atoms with Crippen LogP contribution in [0, 0.1) is 5.41 Å². The maximum absolute atomic E-state index is 12.3. The van der Waals surface area contributed by atoms with E-state index in [1.54, 1.807) is 0 Å². The van der Waals surface area contributed by atoms with Crippen LogP contribution in [0.25, 0.3) is 0 Å². The molecule has 10 heteroatoms. The van der Waals surface area contributed by atoms with Crippen molar-refractivity contribution in [2.75, 3.05) is 12.8 Å². The van der Waals surface area contributed by atoms with E-state index in [-0.39, 0.29) is 5.91 Å². The molecule has 130 valence electrons. The fourth-order valence-corrected chi connectivity index (χ4v) is 3.44. The Hall–Kier alpha value is -2.07. The Kier molecular flexibility index (Phi) is 5.84. The van der Waals surface area contributed by atoms with Crippen molar-refractivity contribution in [3.05, 3.63) is 21.9 Å². The molecule has 24 heavy (non-hydrogen) atoms. The van der Waals surface area contributed by atoms with E-state index in [0.29, 0.717) is 25.9 Å². The number of amides is 2. The van der Waals surface area contributed by atoms with Crippen molar-refractivity contribution in [1.29, 1.82) is 5.41 Å². The second kappa shape index (κ2) is 7.67. The summed E-state index contributed by atoms with van der Waals surface area (Å²) in [5, 5.41) is 11.8. The number of carbonyl (C=O) groups is 2. The van der Waals surface area contributed by atoms with E-state index < -0.39 is 22.0 Å². The monoisotopic (exact) mass is 370 g/mol. The number of nitrogens with zero attached hydrogens (tertiary/aromatic N) is 2. The third-order valence-electron chi connectivity index (χ3n) is 3.47. The molecule has 1 saturated heterocycles. The SMILES string of the molecule is CS(=O)(=O)N=CC(=O)N1CCC[C@H]1C(=O)NCc1cc(C=N)cs1. The van der Waals surface area contributed by atoms with Crippen LogP contribution in [0.3, 0.4) is 0 Å². The largest absolute Gasteiger partial charge is 0.349 e. The summed E-state index contributed by atoms with van der Waals surface area (Å²) in [4.78, 5) is 26.6. The summed E-state index contributed by atoms with van der Waals surface area (Å²) in [5.74, 6) is -0.862. The molecule has 1 atom stereocenters. The summed E-state index contributed by atoms with van der Waals surface area (Å²) >= 11 is 1.44. The lowest BCUT2D eigenvalue weighted by Crippen LogP contribution is -2.46. The molecule has 2 N–H and O–H groups in total. The molecule has 2 rings (SSSR count). The van der Waals surface area contributed by atoms with Crippen molar-refractivity contribution in [2.45, 2.75) is 25.4 Å². The van der Waals surface area contributed by atoms with E-state index >= 15 is 0 Å². The summed E-state index contributed by atoms with van der Waals surface area (Å²) in [5.41, 5.74) is 0.777. The zero-order chi connectivity index (χ0) is 17.7. The predicted molar refractivity (Wildman–Crippen MR) is 92.1 cm³/mol. The molecule has 0 spiro atoms. The van der Waals surface area contributed by atoms with Crippen LogP contribution in [-0.2, 0) is 26.2 Å². The Balaban J connectivity index is 1.96. The fraction of sp³-hybridized carbons (Fsp3) is 0.429. The van der Waals surface area contributed by atoms with Crippen molar-refractivity contribution >= 4 is 45.6 Å². The van der Waals surface area contributed by atoms with Crippen LogP contribution in [0.2, 0.25) is 0 Å². The van der Waals surface area contributed by atoms with Crippen LogP contribution in [0.4, 0.5) is 0 Å². The van der Waals surface area contributed by atoms with E-state index in [0.717, 1.165) is 22.9 Å². The second-order valence-corrected chi connectivity index (χ2v) is 8.04. The molecule has 0 radical (unpaired) electrons. The van der Waals surface area contributed by atoms with Crippen LogP contribution in [-0.4, -0.2) is 56.4 Å². The van der Waals surface area contributed by atoms with Gasteiger partial charge in [-0.3, -0.25) is 9.59 Å². The van der Waals surface area contributed by atoms with Crippen LogP contribution in [0.15, 0.2) is 15.8 Å². The van der Waals surface area contributed by atoms with Crippen molar-refractivity contribution in [3.8, 4) is 0 Å². The quantitative estimate of drug-likeness (QED) is 0.704. The summed E-state index contributed by atoms with van der Waals surface area (Å²) in [7, 11) is -3.63. The maximum atomic E-state index is 12.3. The predicted octanol–water partition coefficient (Wildman–Crippen LogP) is 0.383. The van der Waals surface area contributed by atoms with Gasteiger partial charge in [-0.05, 0) is 24.3 Å². The maximum Gasteiger partial charge on any atom is 0.266 e. The molecule has 8 nitrogen and oxygen atoms in total. The van der Waals surface area contributed by atoms with Crippen LogP contribution < -0.4 is 5.32 Å². The normalized spacial score (nSPS) is 18.0. The zero-order valence-electron chi connectivity index (χ0n) is 13.1. The van der Waals surface area contributed by atoms with Crippen LogP contribution in [0.1, 0.15) is 23.3 Å². The smallest absolute Gasteiger partial charge is 0.266 e. The molecule has 0 saturated carbocycles. The molecular formula is C14H18N4O4S2. The van der Waals surface area contributed by atoms with Crippen molar-refractivity contribution in [1.82, 2.24) is 10.2 Å². The van der Waals surface area contributed by atoms with E-state index in [1.165, 1.54) is 22.5 Å². The summed E-state index contributed by atoms with van der Waals surface area (Å²) in [6.07, 6.45) is 4.08. The average Bonchev–Trinajstić information content (AvgIpc) is 3.18. The van der Waals surface area contributed by atoms with Gasteiger partial charge in [0.15, 0.2) is 0 Å². The highest BCUT2D eigenvalue weighted by Gasteiger charge is 2.33. The van der Waals surface area contributed by atoms with Gasteiger partial charge in [0.2, 0.25) is 15.9 Å². The molecule has 2 amide bonds. The molecule has 1 aromatic rings. The third-order valence-corrected chi connectivity index (χ3v) is 4.91. The molecule has 1 aliphatic rings. The highest BCUT2D eigenvalue weighted by atomic mass is 32.2. The minimum atomic E-state index is -3.63. The number of likely N-dealkylation sites (tertiary alicyclic amines) is 1. The van der Waals surface area contributed by atoms with Crippen molar-refractivity contribution in [3.63, 3.8) is 0 Å². The number of hydrogen-bond donors (Lipinski definition) is 2. The van der Waals surface area contributed by atoms with Gasteiger partial charge in [0, 0.05) is 23.2 Å². The molecular weight excluding hydrogens is 352 g/mol. The van der Waals surface area contributed by atoms with Gasteiger partial charge in [-0.25, -0.2) is 8.42 Å². The Labute approximate surface area is 144 Å². The number of nitrogens with one attached hydrogen (secondary N) is 2. The number of hydrogen-bond acceptors (Lipinski definition) is 6. The summed E-state index contributed by atoms with van der Waals surface area (Å²) in [6, 6.07) is 1.19. The average molecular weight is 370 g/mol. The van der Waals surface area contributed by atoms with Crippen LogP contribution >= 0.6 is 11.3 Å². The minimum absolute atomic E-state index is 0.279. The molecule has 1 fully saturated rings. The Morgan fingerprint density at radius 1 is 1.54 bits per heavy atom. The first-order chi connectivity index (χ1) is 11.3. The Morgan fingerprint density at radius 2 is 2.29 bits per heavy atom. The zero-order valence-corrected chi connectivity index (χ0v) is 14.7. The number of rotatable bonds is 6. The van der Waals surface area contributed by atoms with Gasteiger partial charge in [-0.15, -0.1) is 11.3 Å². The molecule has 1 aliphatic heterocycles. The van der Waals surface area contributed by atoms with Crippen molar-refractivity contribution in [2.24, 2.45) is 4.40 Å². The minimum Gasteiger partial charge on any atom is -0.349 e. The van der Waals surface area contributed by atoms with E-state index in [2.05, 4.69) is 9.71 Å². The second-order valence-electron chi connectivity index (χ2n) is 5.37. The van der Waals surface area contributed by atoms with E-state index in [9.17, 15) is 18.0 Å². The summed E-state index contributed by atoms with van der Waals surface area (Å²) < 4.78 is 25.2. The van der Waals surface area contributed by atoms with Crippen molar-refractivity contribution < 1.29 is 18.0 Å². The standard InChI is InChI=1S/C14H18N4O4S2/c1-24(21,22)17-8-13(19)18-4-2-3-12(18)14(20)16-7-11-5-10(6-15)9-23-11/h5-6,8-9,12,15H,2-4,7H2,1H3,(H,16,20)/t12-/m0/s1. The van der Waals surface area contributed by atoms with E-state index in [1.807, 2.05) is 11.4 Å². The Morgan fingerprint density at radius 3 is 2.92 bits per heavy atom. The van der Waals surface area contributed by atoms with Crippen LogP contribution in [0.5, 0.6) is 0 Å². The first-order valence-corrected chi connectivity index (χ1v) is 9.94. The Bertz CT molecular complexity index is 769. The molecule has 0 unspecified atom stereocenters. The molecule has 0 bridgehead atoms. The van der Waals surface area contributed by atoms with Gasteiger partial charge >= 0.3 is 0 Å². The molecule has 2 heterocycles. The topological polar surface area (TPSA) is 120 Å². The lowest BCUT2D eigenvalue weighted by molar-refractivity contribution is -0.133. The highest BCUT2D eigenvalue weighted by Crippen LogP contribution is 2.18. The number of sulfonamides is 1. The van der Waals surface area contributed by atoms with Gasteiger partial charge in [-0.2, -0.15) is 4.40 Å². The van der Waals surface area contributed by atoms with Gasteiger partial charge in [0.05, 0.1) is 12.8 Å².